The van der Waals surface area contributed by atoms with Gasteiger partial charge in [-0.15, -0.1) is 11.8 Å². The van der Waals surface area contributed by atoms with Gasteiger partial charge in [-0.3, -0.25) is 0 Å². The fraction of sp³-hybridized carbons (Fsp3) is 0.600. The summed E-state index contributed by atoms with van der Waals surface area (Å²) in [7, 11) is 1.98. The normalized spacial score (nSPS) is 26.8. The first-order chi connectivity index (χ1) is 9.20. The van der Waals surface area contributed by atoms with E-state index < -0.39 is 0 Å². The molecule has 4 heteroatoms. The van der Waals surface area contributed by atoms with Crippen LogP contribution in [0.3, 0.4) is 0 Å². The lowest BCUT2D eigenvalue weighted by Gasteiger charge is -2.33. The molecule has 1 aliphatic carbocycles. The summed E-state index contributed by atoms with van der Waals surface area (Å²) >= 11 is 5.41. The minimum absolute atomic E-state index is 0.0299. The monoisotopic (exact) mass is 343 g/mol. The molecule has 106 valence electrons. The summed E-state index contributed by atoms with van der Waals surface area (Å²) in [6.07, 6.45) is 4.73. The third kappa shape index (κ3) is 3.75. The summed E-state index contributed by atoms with van der Waals surface area (Å²) in [6, 6.07) is 8.45. The first-order valence-corrected chi connectivity index (χ1v) is 8.66. The molecule has 2 N–H and O–H groups in total. The van der Waals surface area contributed by atoms with Gasteiger partial charge in [-0.05, 0) is 56.2 Å². The Balaban J connectivity index is 1.85. The van der Waals surface area contributed by atoms with Crippen molar-refractivity contribution in [2.45, 2.75) is 36.1 Å². The summed E-state index contributed by atoms with van der Waals surface area (Å²) in [5.41, 5.74) is -0.0299. The lowest BCUT2D eigenvalue weighted by molar-refractivity contribution is 0.130. The Labute approximate surface area is 128 Å². The van der Waals surface area contributed by atoms with Crippen molar-refractivity contribution in [1.82, 2.24) is 5.32 Å². The van der Waals surface area contributed by atoms with Crippen LogP contribution in [0.1, 0.15) is 25.7 Å². The Morgan fingerprint density at radius 2 is 2.37 bits per heavy atom. The lowest BCUT2D eigenvalue weighted by Crippen LogP contribution is -2.49. The highest BCUT2D eigenvalue weighted by molar-refractivity contribution is 9.10. The van der Waals surface area contributed by atoms with Gasteiger partial charge in [-0.2, -0.15) is 0 Å². The van der Waals surface area contributed by atoms with Gasteiger partial charge in [0.25, 0.3) is 0 Å². The average molecular weight is 344 g/mol. The molecule has 1 aliphatic rings. The quantitative estimate of drug-likeness (QED) is 0.772. The molecule has 0 aromatic heterocycles. The predicted molar refractivity (Wildman–Crippen MR) is 85.7 cm³/mol. The molecular weight excluding hydrogens is 322 g/mol. The van der Waals surface area contributed by atoms with Crippen molar-refractivity contribution in [3.05, 3.63) is 28.7 Å². The molecule has 0 spiro atoms. The molecule has 0 radical (unpaired) electrons. The van der Waals surface area contributed by atoms with Gasteiger partial charge in [0.1, 0.15) is 0 Å². The van der Waals surface area contributed by atoms with Crippen molar-refractivity contribution < 1.29 is 5.11 Å². The van der Waals surface area contributed by atoms with Gasteiger partial charge in [0.2, 0.25) is 0 Å². The number of halogens is 1. The van der Waals surface area contributed by atoms with E-state index in [0.29, 0.717) is 5.92 Å². The van der Waals surface area contributed by atoms with Gasteiger partial charge in [0.15, 0.2) is 0 Å². The standard InChI is InChI=1S/C15H22BrNOS/c1-17-15(11-18)8-3-4-12(15)7-9-19-14-6-2-5-13(16)10-14/h2,5-6,10,12,17-18H,3-4,7-9,11H2,1H3. The smallest absolute Gasteiger partial charge is 0.0615 e. The molecule has 0 bridgehead atoms. The first-order valence-electron chi connectivity index (χ1n) is 6.88. The number of benzene rings is 1. The number of rotatable bonds is 6. The number of aliphatic hydroxyl groups excluding tert-OH is 1. The number of nitrogens with one attached hydrogen (secondary N) is 1. The molecule has 0 heterocycles. The summed E-state index contributed by atoms with van der Waals surface area (Å²) < 4.78 is 1.14. The minimum atomic E-state index is -0.0299. The third-order valence-corrected chi connectivity index (χ3v) is 5.79. The molecule has 2 rings (SSSR count). The Hall–Kier alpha value is -0.0300. The van der Waals surface area contributed by atoms with Crippen LogP contribution in [-0.2, 0) is 0 Å². The van der Waals surface area contributed by atoms with E-state index in [2.05, 4.69) is 45.5 Å². The zero-order valence-electron chi connectivity index (χ0n) is 11.4. The maximum atomic E-state index is 9.66. The van der Waals surface area contributed by atoms with Crippen molar-refractivity contribution in [1.29, 1.82) is 0 Å². The van der Waals surface area contributed by atoms with Crippen LogP contribution < -0.4 is 5.32 Å². The number of aliphatic hydroxyl groups is 1. The van der Waals surface area contributed by atoms with E-state index in [1.165, 1.54) is 24.2 Å². The summed E-state index contributed by atoms with van der Waals surface area (Å²) in [6.45, 7) is 0.260. The molecule has 1 saturated carbocycles. The van der Waals surface area contributed by atoms with Crippen molar-refractivity contribution in [3.63, 3.8) is 0 Å². The van der Waals surface area contributed by atoms with E-state index in [9.17, 15) is 5.11 Å². The average Bonchev–Trinajstić information content (AvgIpc) is 2.82. The summed E-state index contributed by atoms with van der Waals surface area (Å²) in [4.78, 5) is 1.31. The van der Waals surface area contributed by atoms with Crippen molar-refractivity contribution in [3.8, 4) is 0 Å². The Bertz CT molecular complexity index is 409. The predicted octanol–water partition coefficient (Wildman–Crippen LogP) is 3.68. The van der Waals surface area contributed by atoms with E-state index >= 15 is 0 Å². The molecule has 2 atom stereocenters. The molecule has 1 aromatic carbocycles. The lowest BCUT2D eigenvalue weighted by atomic mass is 9.86. The van der Waals surface area contributed by atoms with Crippen molar-refractivity contribution in [2.75, 3.05) is 19.4 Å². The molecule has 2 nitrogen and oxygen atoms in total. The van der Waals surface area contributed by atoms with Crippen LogP contribution in [0.5, 0.6) is 0 Å². The van der Waals surface area contributed by atoms with Gasteiger partial charge in [-0.1, -0.05) is 28.4 Å². The maximum absolute atomic E-state index is 9.66. The van der Waals surface area contributed by atoms with Gasteiger partial charge in [0.05, 0.1) is 6.61 Å². The Morgan fingerprint density at radius 3 is 3.05 bits per heavy atom. The van der Waals surface area contributed by atoms with Crippen LogP contribution in [0.15, 0.2) is 33.6 Å². The fourth-order valence-electron chi connectivity index (χ4n) is 3.06. The van der Waals surface area contributed by atoms with E-state index in [1.807, 2.05) is 18.8 Å². The second-order valence-electron chi connectivity index (χ2n) is 5.25. The van der Waals surface area contributed by atoms with Crippen LogP contribution in [0, 0.1) is 5.92 Å². The molecule has 0 amide bonds. The number of thioether (sulfide) groups is 1. The second-order valence-corrected chi connectivity index (χ2v) is 7.33. The van der Waals surface area contributed by atoms with Crippen molar-refractivity contribution in [2.24, 2.45) is 5.92 Å². The van der Waals surface area contributed by atoms with E-state index in [4.69, 9.17) is 0 Å². The Kier molecular flexibility index (Phi) is 5.75. The SMILES string of the molecule is CNC1(CO)CCCC1CCSc1cccc(Br)c1. The molecule has 0 aliphatic heterocycles. The molecule has 1 aromatic rings. The highest BCUT2D eigenvalue weighted by Gasteiger charge is 2.40. The minimum Gasteiger partial charge on any atom is -0.394 e. The number of hydrogen-bond donors (Lipinski definition) is 2. The van der Waals surface area contributed by atoms with Crippen LogP contribution in [-0.4, -0.2) is 30.1 Å². The maximum Gasteiger partial charge on any atom is 0.0615 e. The van der Waals surface area contributed by atoms with Crippen LogP contribution in [0.2, 0.25) is 0 Å². The second kappa shape index (κ2) is 7.11. The van der Waals surface area contributed by atoms with E-state index in [1.54, 1.807) is 0 Å². The van der Waals surface area contributed by atoms with E-state index in [0.717, 1.165) is 16.6 Å². The largest absolute Gasteiger partial charge is 0.394 e. The first kappa shape index (κ1) is 15.4. The fourth-order valence-corrected chi connectivity index (χ4v) is 4.63. The van der Waals surface area contributed by atoms with Crippen LogP contribution >= 0.6 is 27.7 Å². The van der Waals surface area contributed by atoms with Crippen molar-refractivity contribution >= 4 is 27.7 Å². The highest BCUT2D eigenvalue weighted by atomic mass is 79.9. The van der Waals surface area contributed by atoms with Gasteiger partial charge < -0.3 is 10.4 Å². The van der Waals surface area contributed by atoms with Crippen LogP contribution in [0.4, 0.5) is 0 Å². The molecule has 1 fully saturated rings. The third-order valence-electron chi connectivity index (χ3n) is 4.27. The number of hydrogen-bond acceptors (Lipinski definition) is 3. The summed E-state index contributed by atoms with van der Waals surface area (Å²) in [5, 5.41) is 13.0. The topological polar surface area (TPSA) is 32.3 Å². The van der Waals surface area contributed by atoms with Gasteiger partial charge in [0, 0.05) is 14.9 Å². The molecular formula is C15H22BrNOS. The summed E-state index contributed by atoms with van der Waals surface area (Å²) in [5.74, 6) is 1.71. The highest BCUT2D eigenvalue weighted by Crippen LogP contribution is 2.38. The molecule has 0 saturated heterocycles. The van der Waals surface area contributed by atoms with Crippen LogP contribution in [0.25, 0.3) is 0 Å². The Morgan fingerprint density at radius 1 is 1.53 bits per heavy atom. The zero-order chi connectivity index (χ0) is 13.7. The molecule has 2 unspecified atom stereocenters. The van der Waals surface area contributed by atoms with Gasteiger partial charge >= 0.3 is 0 Å². The molecule has 19 heavy (non-hydrogen) atoms. The zero-order valence-corrected chi connectivity index (χ0v) is 13.8. The van der Waals surface area contributed by atoms with Gasteiger partial charge in [-0.25, -0.2) is 0 Å². The van der Waals surface area contributed by atoms with E-state index in [-0.39, 0.29) is 12.1 Å². The number of likely N-dealkylation sites (N-methyl/N-ethyl adjacent to an activating group) is 1.